The van der Waals surface area contributed by atoms with Crippen molar-refractivity contribution in [3.05, 3.63) is 193 Å². The van der Waals surface area contributed by atoms with Gasteiger partial charge in [0, 0.05) is 46.0 Å². The molecule has 7 aromatic carbocycles. The van der Waals surface area contributed by atoms with E-state index in [2.05, 4.69) is 153 Å². The van der Waals surface area contributed by atoms with Crippen molar-refractivity contribution >= 4 is 44.6 Å². The minimum atomic E-state index is -0.425. The molecule has 0 N–H and O–H groups in total. The quantitative estimate of drug-likeness (QED) is 0.160. The van der Waals surface area contributed by atoms with Crippen LogP contribution in [-0.2, 0) is 10.8 Å². The van der Waals surface area contributed by atoms with Gasteiger partial charge in [-0.05, 0) is 112 Å². The summed E-state index contributed by atoms with van der Waals surface area (Å²) < 4.78 is 51.0. The zero-order chi connectivity index (χ0) is 47.1. The Morgan fingerprint density at radius 1 is 0.565 bits per heavy atom. The Morgan fingerprint density at radius 2 is 1.23 bits per heavy atom. The van der Waals surface area contributed by atoms with Crippen LogP contribution in [0.25, 0.3) is 49.9 Å². The van der Waals surface area contributed by atoms with Crippen LogP contribution in [0.1, 0.15) is 65.1 Å². The number of aromatic nitrogens is 2. The normalized spacial score (nSPS) is 14.1. The fraction of sp³-hybridized carbons (Fsp3) is 0.175. The molecule has 62 heavy (non-hydrogen) atoms. The van der Waals surface area contributed by atoms with Gasteiger partial charge in [-0.15, -0.1) is 0 Å². The molecule has 0 bridgehead atoms. The first-order valence-electron chi connectivity index (χ1n) is 23.7. The molecule has 0 radical (unpaired) electrons. The molecule has 10 rings (SSSR count). The number of rotatable bonds is 7. The molecule has 306 valence electrons. The van der Waals surface area contributed by atoms with E-state index in [4.69, 9.17) is 16.6 Å². The summed E-state index contributed by atoms with van der Waals surface area (Å²) in [5.41, 5.74) is 12.4. The van der Waals surface area contributed by atoms with Crippen molar-refractivity contribution in [3.63, 3.8) is 0 Å². The molecule has 0 aliphatic carbocycles. The predicted molar refractivity (Wildman–Crippen MR) is 260 cm³/mol. The molecule has 0 saturated carbocycles. The van der Waals surface area contributed by atoms with Crippen LogP contribution >= 0.6 is 0 Å². The fourth-order valence-corrected chi connectivity index (χ4v) is 8.67. The second-order valence-electron chi connectivity index (χ2n) is 18.3. The topological polar surface area (TPSA) is 33.5 Å². The average Bonchev–Trinajstić information content (AvgIpc) is 3.87. The van der Waals surface area contributed by atoms with E-state index in [1.54, 1.807) is 6.20 Å². The molecule has 3 heterocycles. The Kier molecular flexibility index (Phi) is 8.18. The molecule has 0 amide bonds. The van der Waals surface area contributed by atoms with Gasteiger partial charge in [-0.25, -0.2) is 4.98 Å². The zero-order valence-corrected chi connectivity index (χ0v) is 36.3. The lowest BCUT2D eigenvalue weighted by molar-refractivity contribution is 0.483. The van der Waals surface area contributed by atoms with E-state index in [0.717, 1.165) is 55.6 Å². The Balaban J connectivity index is 1.05. The van der Waals surface area contributed by atoms with Gasteiger partial charge in [0.25, 0.3) is 0 Å². The molecular formula is C57H52N4O. The van der Waals surface area contributed by atoms with Crippen molar-refractivity contribution in [1.29, 1.82) is 0 Å². The van der Waals surface area contributed by atoms with Gasteiger partial charge in [0.1, 0.15) is 24.0 Å². The number of nitrogens with zero attached hydrogens (tertiary/aromatic N) is 4. The highest BCUT2D eigenvalue weighted by Gasteiger charge is 2.30. The fourth-order valence-electron chi connectivity index (χ4n) is 8.67. The third kappa shape index (κ3) is 7.07. The van der Waals surface area contributed by atoms with E-state index in [9.17, 15) is 0 Å². The first-order chi connectivity index (χ1) is 32.0. The molecule has 0 saturated heterocycles. The molecule has 5 nitrogen and oxygen atoms in total. The van der Waals surface area contributed by atoms with Crippen LogP contribution in [0.15, 0.2) is 176 Å². The third-order valence-electron chi connectivity index (χ3n) is 12.0. The molecule has 1 aliphatic rings. The summed E-state index contributed by atoms with van der Waals surface area (Å²) in [7, 11) is 0. The van der Waals surface area contributed by atoms with E-state index in [0.29, 0.717) is 29.5 Å². The number of anilines is 4. The molecule has 0 atom stereocenters. The minimum Gasteiger partial charge on any atom is -0.457 e. The van der Waals surface area contributed by atoms with Crippen molar-refractivity contribution < 1.29 is 11.6 Å². The van der Waals surface area contributed by atoms with Crippen LogP contribution in [-0.4, -0.2) is 16.2 Å². The van der Waals surface area contributed by atoms with Gasteiger partial charge >= 0.3 is 0 Å². The summed E-state index contributed by atoms with van der Waals surface area (Å²) in [5, 5.41) is 2.08. The maximum atomic E-state index is 8.66. The van der Waals surface area contributed by atoms with Gasteiger partial charge in [0.05, 0.1) is 29.3 Å². The van der Waals surface area contributed by atoms with Gasteiger partial charge < -0.3 is 14.5 Å². The predicted octanol–water partition coefficient (Wildman–Crippen LogP) is 15.5. The summed E-state index contributed by atoms with van der Waals surface area (Å²) in [6.45, 7) is 16.2. The van der Waals surface area contributed by atoms with Crippen molar-refractivity contribution in [2.45, 2.75) is 59.3 Å². The highest BCUT2D eigenvalue weighted by Crippen LogP contribution is 2.47. The van der Waals surface area contributed by atoms with E-state index < -0.39 is 6.04 Å². The number of pyridine rings is 1. The average molecular weight is 814 g/mol. The van der Waals surface area contributed by atoms with Gasteiger partial charge in [0.2, 0.25) is 0 Å². The summed E-state index contributed by atoms with van der Waals surface area (Å²) in [5.74, 6) is 1.97. The number of hydrogen-bond acceptors (Lipinski definition) is 4. The van der Waals surface area contributed by atoms with Gasteiger partial charge in [-0.1, -0.05) is 138 Å². The number of benzene rings is 7. The molecule has 1 aliphatic heterocycles. The second-order valence-corrected chi connectivity index (χ2v) is 18.3. The SMILES string of the molecule is [2H]c1c([2H])c([2H])c(-c2cnc(-n3c4cc(Oc5cccc(N6CN(c7cc(C(C)(C)C)cc(C(C)(C)C)c7)c7ccccc76)c5)ccc4c4c(-c5ccccc5)cccc43)cc2C)c([2H])c1[2H]. The highest BCUT2D eigenvalue weighted by molar-refractivity contribution is 6.16. The molecular weight excluding hydrogens is 757 g/mol. The number of fused-ring (bicyclic) bond motifs is 4. The number of para-hydroxylation sites is 2. The Morgan fingerprint density at radius 3 is 1.92 bits per heavy atom. The van der Waals surface area contributed by atoms with E-state index >= 15 is 0 Å². The minimum absolute atomic E-state index is 0.0142. The number of ether oxygens (including phenoxy) is 1. The lowest BCUT2D eigenvalue weighted by Crippen LogP contribution is -2.25. The van der Waals surface area contributed by atoms with Gasteiger partial charge in [-0.2, -0.15) is 0 Å². The smallest absolute Gasteiger partial charge is 0.137 e. The van der Waals surface area contributed by atoms with Crippen LogP contribution in [0.4, 0.5) is 22.7 Å². The Hall–Kier alpha value is -7.11. The first-order valence-corrected chi connectivity index (χ1v) is 21.2. The number of hydrogen-bond donors (Lipinski definition) is 0. The maximum Gasteiger partial charge on any atom is 0.137 e. The molecule has 0 unspecified atom stereocenters. The van der Waals surface area contributed by atoms with Crippen molar-refractivity contribution in [3.8, 4) is 39.6 Å². The van der Waals surface area contributed by atoms with E-state index in [-0.39, 0.29) is 40.6 Å². The van der Waals surface area contributed by atoms with Crippen LogP contribution in [0.3, 0.4) is 0 Å². The largest absolute Gasteiger partial charge is 0.457 e. The third-order valence-corrected chi connectivity index (χ3v) is 12.0. The molecule has 0 fully saturated rings. The van der Waals surface area contributed by atoms with Crippen molar-refractivity contribution in [2.75, 3.05) is 16.5 Å². The highest BCUT2D eigenvalue weighted by atomic mass is 16.5. The Labute approximate surface area is 372 Å². The van der Waals surface area contributed by atoms with E-state index in [1.807, 2.05) is 49.4 Å². The lowest BCUT2D eigenvalue weighted by Gasteiger charge is -2.29. The summed E-state index contributed by atoms with van der Waals surface area (Å²) >= 11 is 0. The van der Waals surface area contributed by atoms with Crippen LogP contribution in [0, 0.1) is 6.92 Å². The van der Waals surface area contributed by atoms with Crippen LogP contribution < -0.4 is 14.5 Å². The van der Waals surface area contributed by atoms with Crippen molar-refractivity contribution in [2.24, 2.45) is 0 Å². The summed E-state index contributed by atoms with van der Waals surface area (Å²) in [6, 6.07) is 46.9. The van der Waals surface area contributed by atoms with Crippen molar-refractivity contribution in [1.82, 2.24) is 9.55 Å². The number of aryl methyl sites for hydroxylation is 1. The standard InChI is InChI=1S/C57H52N4O/c1-38-30-54(58-36-49(38)40-20-12-9-13-21-40)61-52-27-17-24-47(39-18-10-8-11-19-39)55(52)48-29-28-46(35-53(48)61)62-45-23-16-22-43(34-45)59-37-60(51-26-15-14-25-50(51)59)44-32-41(56(2,3)4)31-42(33-44)57(5,6)7/h8-36H,37H2,1-7H3/i9D,12D,13D,20D,21D. The van der Waals surface area contributed by atoms with Gasteiger partial charge in [0.15, 0.2) is 0 Å². The Bertz CT molecular complexity index is 3360. The summed E-state index contributed by atoms with van der Waals surface area (Å²) in [6.07, 6.45) is 1.62. The van der Waals surface area contributed by atoms with Gasteiger partial charge in [-0.3, -0.25) is 4.57 Å². The second kappa shape index (κ2) is 15.1. The zero-order valence-electron chi connectivity index (χ0n) is 41.3. The van der Waals surface area contributed by atoms with E-state index in [1.165, 1.54) is 16.8 Å². The lowest BCUT2D eigenvalue weighted by atomic mass is 9.80. The maximum absolute atomic E-state index is 8.66. The monoisotopic (exact) mass is 813 g/mol. The molecule has 9 aromatic rings. The van der Waals surface area contributed by atoms with Crippen LogP contribution in [0.2, 0.25) is 0 Å². The molecule has 5 heteroatoms. The molecule has 2 aromatic heterocycles. The first kappa shape index (κ1) is 33.6. The van der Waals surface area contributed by atoms with Crippen LogP contribution in [0.5, 0.6) is 11.5 Å². The summed E-state index contributed by atoms with van der Waals surface area (Å²) in [4.78, 5) is 9.71. The molecule has 0 spiro atoms.